The van der Waals surface area contributed by atoms with Gasteiger partial charge in [0.15, 0.2) is 0 Å². The maximum absolute atomic E-state index is 12.0. The third-order valence-electron chi connectivity index (χ3n) is 2.23. The summed E-state index contributed by atoms with van der Waals surface area (Å²) >= 11 is 1.13. The van der Waals surface area contributed by atoms with Crippen LogP contribution in [0.25, 0.3) is 0 Å². The van der Waals surface area contributed by atoms with Gasteiger partial charge in [0.05, 0.1) is 5.00 Å². The van der Waals surface area contributed by atoms with Gasteiger partial charge in [-0.2, -0.15) is 4.31 Å². The van der Waals surface area contributed by atoms with Crippen molar-refractivity contribution < 1.29 is 8.42 Å². The van der Waals surface area contributed by atoms with E-state index in [0.29, 0.717) is 22.3 Å². The summed E-state index contributed by atoms with van der Waals surface area (Å²) in [6, 6.07) is 1.63. The fraction of sp³-hybridized carbons (Fsp3) is 0.556. The van der Waals surface area contributed by atoms with Crippen LogP contribution in [0.2, 0.25) is 0 Å². The molecule has 0 aliphatic heterocycles. The summed E-state index contributed by atoms with van der Waals surface area (Å²) < 4.78 is 25.8. The second-order valence-corrected chi connectivity index (χ2v) is 6.45. The highest BCUT2D eigenvalue weighted by Gasteiger charge is 2.24. The number of aryl methyl sites for hydroxylation is 1. The summed E-state index contributed by atoms with van der Waals surface area (Å²) in [6.45, 7) is 6.42. The lowest BCUT2D eigenvalue weighted by atomic mass is 10.4. The molecule has 15 heavy (non-hydrogen) atoms. The molecule has 0 saturated carbocycles. The Bertz CT molecular complexity index is 413. The molecule has 0 bridgehead atoms. The van der Waals surface area contributed by atoms with Crippen molar-refractivity contribution >= 4 is 26.4 Å². The van der Waals surface area contributed by atoms with E-state index in [1.54, 1.807) is 6.07 Å². The molecule has 0 aromatic carbocycles. The number of hydrogen-bond donors (Lipinski definition) is 1. The van der Waals surface area contributed by atoms with Crippen LogP contribution in [0.1, 0.15) is 19.4 Å². The smallest absolute Gasteiger partial charge is 0.252 e. The molecule has 0 fully saturated rings. The summed E-state index contributed by atoms with van der Waals surface area (Å²) in [4.78, 5) is 0. The normalized spacial score (nSPS) is 12.3. The van der Waals surface area contributed by atoms with Gasteiger partial charge in [0.1, 0.15) is 4.21 Å². The van der Waals surface area contributed by atoms with Crippen LogP contribution in [-0.4, -0.2) is 25.8 Å². The number of nitrogens with zero attached hydrogens (tertiary/aromatic N) is 1. The fourth-order valence-corrected chi connectivity index (χ4v) is 4.22. The molecule has 86 valence electrons. The number of rotatable bonds is 4. The first-order valence-corrected chi connectivity index (χ1v) is 7.05. The molecule has 0 spiro atoms. The lowest BCUT2D eigenvalue weighted by Crippen LogP contribution is -2.29. The van der Waals surface area contributed by atoms with Crippen LogP contribution < -0.4 is 5.73 Å². The van der Waals surface area contributed by atoms with Crippen molar-refractivity contribution in [3.8, 4) is 0 Å². The zero-order valence-corrected chi connectivity index (χ0v) is 10.8. The second kappa shape index (κ2) is 4.51. The van der Waals surface area contributed by atoms with Gasteiger partial charge in [0.25, 0.3) is 10.0 Å². The van der Waals surface area contributed by atoms with Crippen LogP contribution in [-0.2, 0) is 10.0 Å². The van der Waals surface area contributed by atoms with Crippen molar-refractivity contribution in [3.63, 3.8) is 0 Å². The van der Waals surface area contributed by atoms with Gasteiger partial charge in [0, 0.05) is 13.1 Å². The molecule has 1 aromatic heterocycles. The molecule has 0 amide bonds. The fourth-order valence-electron chi connectivity index (χ4n) is 1.28. The molecule has 1 aromatic rings. The van der Waals surface area contributed by atoms with Gasteiger partial charge in [-0.05, 0) is 18.6 Å². The minimum Gasteiger partial charge on any atom is -0.390 e. The summed E-state index contributed by atoms with van der Waals surface area (Å²) in [5, 5.41) is 0.570. The number of sulfonamides is 1. The number of hydrogen-bond acceptors (Lipinski definition) is 4. The Morgan fingerprint density at radius 2 is 1.93 bits per heavy atom. The molecule has 4 nitrogen and oxygen atoms in total. The Kier molecular flexibility index (Phi) is 3.75. The standard InChI is InChI=1S/C9H16N2O2S2/c1-4-11(5-2)15(12,13)8-6-7(3)9(10)14-8/h6H,4-5,10H2,1-3H3. The molecule has 2 N–H and O–H groups in total. The first kappa shape index (κ1) is 12.5. The average Bonchev–Trinajstić information content (AvgIpc) is 2.49. The summed E-state index contributed by atoms with van der Waals surface area (Å²) in [5.41, 5.74) is 6.48. The quantitative estimate of drug-likeness (QED) is 0.881. The first-order chi connectivity index (χ1) is 6.93. The molecular weight excluding hydrogens is 232 g/mol. The van der Waals surface area contributed by atoms with E-state index < -0.39 is 10.0 Å². The minimum atomic E-state index is -3.33. The lowest BCUT2D eigenvalue weighted by molar-refractivity contribution is 0.447. The van der Waals surface area contributed by atoms with Crippen LogP contribution >= 0.6 is 11.3 Å². The predicted octanol–water partition coefficient (Wildman–Crippen LogP) is 1.67. The van der Waals surface area contributed by atoms with Crippen molar-refractivity contribution in [3.05, 3.63) is 11.6 Å². The van der Waals surface area contributed by atoms with E-state index in [1.165, 1.54) is 4.31 Å². The van der Waals surface area contributed by atoms with Crippen LogP contribution in [0.15, 0.2) is 10.3 Å². The van der Waals surface area contributed by atoms with Crippen LogP contribution in [0.5, 0.6) is 0 Å². The largest absolute Gasteiger partial charge is 0.390 e. The van der Waals surface area contributed by atoms with Crippen molar-refractivity contribution in [2.45, 2.75) is 25.0 Å². The Hall–Kier alpha value is -0.590. The van der Waals surface area contributed by atoms with Gasteiger partial charge in [-0.25, -0.2) is 8.42 Å². The monoisotopic (exact) mass is 248 g/mol. The molecule has 0 atom stereocenters. The first-order valence-electron chi connectivity index (χ1n) is 4.79. The number of anilines is 1. The number of thiophene rings is 1. The van der Waals surface area contributed by atoms with Gasteiger partial charge in [-0.1, -0.05) is 13.8 Å². The lowest BCUT2D eigenvalue weighted by Gasteiger charge is -2.16. The molecular formula is C9H16N2O2S2. The molecule has 6 heteroatoms. The Labute approximate surface area is 94.8 Å². The zero-order chi connectivity index (χ0) is 11.6. The Balaban J connectivity index is 3.16. The molecule has 0 radical (unpaired) electrons. The van der Waals surface area contributed by atoms with E-state index in [9.17, 15) is 8.42 Å². The maximum atomic E-state index is 12.0. The van der Waals surface area contributed by atoms with E-state index in [2.05, 4.69) is 0 Å². The molecule has 0 aliphatic rings. The molecule has 0 saturated heterocycles. The van der Waals surface area contributed by atoms with E-state index in [4.69, 9.17) is 5.73 Å². The maximum Gasteiger partial charge on any atom is 0.252 e. The highest BCUT2D eigenvalue weighted by molar-refractivity contribution is 7.91. The zero-order valence-electron chi connectivity index (χ0n) is 9.15. The Morgan fingerprint density at radius 1 is 1.40 bits per heavy atom. The van der Waals surface area contributed by atoms with Crippen LogP contribution in [0.4, 0.5) is 5.00 Å². The average molecular weight is 248 g/mol. The third kappa shape index (κ3) is 2.32. The van der Waals surface area contributed by atoms with E-state index in [0.717, 1.165) is 16.9 Å². The number of nitrogens with two attached hydrogens (primary N) is 1. The molecule has 1 heterocycles. The van der Waals surface area contributed by atoms with Gasteiger partial charge in [-0.15, -0.1) is 11.3 Å². The predicted molar refractivity (Wildman–Crippen MR) is 63.6 cm³/mol. The summed E-state index contributed by atoms with van der Waals surface area (Å²) in [6.07, 6.45) is 0. The molecule has 1 rings (SSSR count). The molecule has 0 unspecified atom stereocenters. The van der Waals surface area contributed by atoms with Crippen molar-refractivity contribution in [1.29, 1.82) is 0 Å². The van der Waals surface area contributed by atoms with E-state index >= 15 is 0 Å². The van der Waals surface area contributed by atoms with E-state index in [-0.39, 0.29) is 0 Å². The molecule has 0 aliphatic carbocycles. The minimum absolute atomic E-state index is 0.334. The van der Waals surface area contributed by atoms with Gasteiger partial charge in [-0.3, -0.25) is 0 Å². The van der Waals surface area contributed by atoms with Crippen LogP contribution in [0.3, 0.4) is 0 Å². The summed E-state index contributed by atoms with van der Waals surface area (Å²) in [7, 11) is -3.33. The SMILES string of the molecule is CCN(CC)S(=O)(=O)c1cc(C)c(N)s1. The topological polar surface area (TPSA) is 63.4 Å². The Morgan fingerprint density at radius 3 is 2.27 bits per heavy atom. The highest BCUT2D eigenvalue weighted by Crippen LogP contribution is 2.29. The summed E-state index contributed by atoms with van der Waals surface area (Å²) in [5.74, 6) is 0. The van der Waals surface area contributed by atoms with Crippen LogP contribution in [0, 0.1) is 6.92 Å². The number of nitrogen functional groups attached to an aromatic ring is 1. The van der Waals surface area contributed by atoms with Crippen molar-refractivity contribution in [2.24, 2.45) is 0 Å². The van der Waals surface area contributed by atoms with Crippen molar-refractivity contribution in [2.75, 3.05) is 18.8 Å². The highest BCUT2D eigenvalue weighted by atomic mass is 32.2. The van der Waals surface area contributed by atoms with Gasteiger partial charge in [0.2, 0.25) is 0 Å². The third-order valence-corrected chi connectivity index (χ3v) is 5.80. The van der Waals surface area contributed by atoms with Gasteiger partial charge >= 0.3 is 0 Å². The van der Waals surface area contributed by atoms with Crippen molar-refractivity contribution in [1.82, 2.24) is 4.31 Å². The second-order valence-electron chi connectivity index (χ2n) is 3.20. The van der Waals surface area contributed by atoms with Gasteiger partial charge < -0.3 is 5.73 Å². The van der Waals surface area contributed by atoms with E-state index in [1.807, 2.05) is 20.8 Å².